The molecule has 5 rings (SSSR count). The minimum absolute atomic E-state index is 0.00362. The van der Waals surface area contributed by atoms with Gasteiger partial charge in [0.1, 0.15) is 17.2 Å². The van der Waals surface area contributed by atoms with Crippen LogP contribution in [0.15, 0.2) is 108 Å². The maximum atomic E-state index is 13.5. The number of nitrogens with two attached hydrogens (primary N) is 1. The van der Waals surface area contributed by atoms with Gasteiger partial charge < -0.3 is 25.8 Å². The summed E-state index contributed by atoms with van der Waals surface area (Å²) in [5.41, 5.74) is 7.23. The Morgan fingerprint density at radius 3 is 2.21 bits per heavy atom. The van der Waals surface area contributed by atoms with Gasteiger partial charge in [-0.15, -0.1) is 11.8 Å². The van der Waals surface area contributed by atoms with Crippen LogP contribution in [-0.2, 0) is 14.4 Å². The highest BCUT2D eigenvalue weighted by molar-refractivity contribution is 8.00. The van der Waals surface area contributed by atoms with E-state index in [4.69, 9.17) is 15.2 Å². The molecule has 11 nitrogen and oxygen atoms in total. The highest BCUT2D eigenvalue weighted by Crippen LogP contribution is 2.34. The largest absolute Gasteiger partial charge is 0.497 e. The summed E-state index contributed by atoms with van der Waals surface area (Å²) in [4.78, 5) is 65.5. The molecular weight excluding hydrogens is 620 g/mol. The summed E-state index contributed by atoms with van der Waals surface area (Å²) >= 11 is 1.23. The number of ether oxygens (including phenoxy) is 2. The molecule has 0 radical (unpaired) electrons. The van der Waals surface area contributed by atoms with Crippen molar-refractivity contribution in [3.8, 4) is 11.5 Å². The number of amides is 5. The molecule has 1 aliphatic rings. The lowest BCUT2D eigenvalue weighted by Gasteiger charge is -2.15. The topological polar surface area (TPSA) is 157 Å². The highest BCUT2D eigenvalue weighted by atomic mass is 32.2. The molecule has 1 aliphatic heterocycles. The van der Waals surface area contributed by atoms with Crippen LogP contribution in [0.25, 0.3) is 6.08 Å². The summed E-state index contributed by atoms with van der Waals surface area (Å²) in [5, 5.41) is 4.84. The third-order valence-corrected chi connectivity index (χ3v) is 8.37. The monoisotopic (exact) mass is 650 g/mol. The number of benzene rings is 4. The standard InChI is InChI=1S/C35H30N4O7S/c1-45-26-15-10-23(29(19-26)46-2)18-28(38-33(42)22-6-4-3-5-7-22)34(43)37-24-11-16-27(17-12-24)47-30-20-31(40)39(35(30)44)25-13-8-21(9-14-25)32(36)41/h3-19,30H,20H2,1-2H3,(H2,36,41)(H,37,43)(H,38,42)/b28-18-. The second kappa shape index (κ2) is 14.5. The average Bonchev–Trinajstić information content (AvgIpc) is 3.37. The van der Waals surface area contributed by atoms with E-state index in [1.807, 2.05) is 0 Å². The zero-order valence-corrected chi connectivity index (χ0v) is 26.2. The lowest BCUT2D eigenvalue weighted by molar-refractivity contribution is -0.121. The highest BCUT2D eigenvalue weighted by Gasteiger charge is 2.40. The predicted octanol–water partition coefficient (Wildman–Crippen LogP) is 4.64. The number of methoxy groups -OCH3 is 2. The fourth-order valence-electron chi connectivity index (χ4n) is 4.76. The third kappa shape index (κ3) is 7.68. The smallest absolute Gasteiger partial charge is 0.272 e. The van der Waals surface area contributed by atoms with Crippen molar-refractivity contribution < 1.29 is 33.4 Å². The minimum atomic E-state index is -0.652. The van der Waals surface area contributed by atoms with Crippen LogP contribution < -0.4 is 30.7 Å². The Balaban J connectivity index is 1.30. The van der Waals surface area contributed by atoms with Gasteiger partial charge in [-0.05, 0) is 78.9 Å². The Kier molecular flexibility index (Phi) is 10.0. The second-order valence-corrected chi connectivity index (χ2v) is 11.5. The Hall–Kier alpha value is -5.88. The first-order valence-corrected chi connectivity index (χ1v) is 15.2. The molecule has 0 aliphatic carbocycles. The first-order valence-electron chi connectivity index (χ1n) is 14.3. The van der Waals surface area contributed by atoms with Gasteiger partial charge in [0, 0.05) is 39.8 Å². The van der Waals surface area contributed by atoms with Gasteiger partial charge >= 0.3 is 0 Å². The van der Waals surface area contributed by atoms with E-state index in [0.717, 1.165) is 4.90 Å². The van der Waals surface area contributed by atoms with Crippen LogP contribution in [0.1, 0.15) is 32.7 Å². The van der Waals surface area contributed by atoms with Crippen molar-refractivity contribution in [3.05, 3.63) is 119 Å². The number of carbonyl (C=O) groups excluding carboxylic acids is 5. The van der Waals surface area contributed by atoms with Crippen molar-refractivity contribution >= 4 is 58.7 Å². The molecule has 1 unspecified atom stereocenters. The predicted molar refractivity (Wildman–Crippen MR) is 178 cm³/mol. The first kappa shape index (κ1) is 32.5. The first-order chi connectivity index (χ1) is 22.7. The Bertz CT molecular complexity index is 1860. The van der Waals surface area contributed by atoms with Crippen LogP contribution in [0, 0.1) is 0 Å². The molecular formula is C35H30N4O7S. The molecule has 238 valence electrons. The van der Waals surface area contributed by atoms with Crippen LogP contribution in [0.3, 0.4) is 0 Å². The number of hydrogen-bond acceptors (Lipinski definition) is 8. The van der Waals surface area contributed by atoms with E-state index in [9.17, 15) is 24.0 Å². The summed E-state index contributed by atoms with van der Waals surface area (Å²) < 4.78 is 10.7. The van der Waals surface area contributed by atoms with Crippen LogP contribution in [0.5, 0.6) is 11.5 Å². The fraction of sp³-hybridized carbons (Fsp3) is 0.114. The Morgan fingerprint density at radius 2 is 1.57 bits per heavy atom. The molecule has 1 heterocycles. The van der Waals surface area contributed by atoms with Gasteiger partial charge in [-0.2, -0.15) is 0 Å². The summed E-state index contributed by atoms with van der Waals surface area (Å²) in [6.07, 6.45) is 1.51. The normalized spacial score (nSPS) is 14.5. The molecule has 1 fully saturated rings. The van der Waals surface area contributed by atoms with Crippen molar-refractivity contribution in [2.75, 3.05) is 24.4 Å². The number of rotatable bonds is 11. The van der Waals surface area contributed by atoms with Gasteiger partial charge in [-0.1, -0.05) is 18.2 Å². The molecule has 4 aromatic rings. The van der Waals surface area contributed by atoms with Crippen molar-refractivity contribution in [2.45, 2.75) is 16.6 Å². The number of nitrogens with zero attached hydrogens (tertiary/aromatic N) is 1. The van der Waals surface area contributed by atoms with Crippen molar-refractivity contribution in [2.24, 2.45) is 5.73 Å². The molecule has 4 aromatic carbocycles. The second-order valence-electron chi connectivity index (χ2n) is 10.3. The van der Waals surface area contributed by atoms with Crippen LogP contribution in [-0.4, -0.2) is 49.0 Å². The lowest BCUT2D eigenvalue weighted by Crippen LogP contribution is -2.31. The van der Waals surface area contributed by atoms with Crippen LogP contribution in [0.4, 0.5) is 11.4 Å². The van der Waals surface area contributed by atoms with Gasteiger partial charge in [-0.3, -0.25) is 24.0 Å². The van der Waals surface area contributed by atoms with Crippen molar-refractivity contribution in [1.29, 1.82) is 0 Å². The number of thioether (sulfide) groups is 1. The maximum Gasteiger partial charge on any atom is 0.272 e. The van der Waals surface area contributed by atoms with E-state index in [1.54, 1.807) is 72.8 Å². The zero-order chi connectivity index (χ0) is 33.5. The van der Waals surface area contributed by atoms with E-state index >= 15 is 0 Å². The summed E-state index contributed by atoms with van der Waals surface area (Å²) in [6, 6.07) is 26.3. The number of imide groups is 1. The molecule has 0 saturated carbocycles. The van der Waals surface area contributed by atoms with Crippen molar-refractivity contribution in [3.63, 3.8) is 0 Å². The lowest BCUT2D eigenvalue weighted by atomic mass is 10.1. The molecule has 0 spiro atoms. The van der Waals surface area contributed by atoms with Gasteiger partial charge in [-0.25, -0.2) is 4.90 Å². The number of carbonyl (C=O) groups is 5. The fourth-order valence-corrected chi connectivity index (χ4v) is 5.81. The molecule has 47 heavy (non-hydrogen) atoms. The maximum absolute atomic E-state index is 13.5. The molecule has 0 bridgehead atoms. The average molecular weight is 651 g/mol. The minimum Gasteiger partial charge on any atom is -0.497 e. The van der Waals surface area contributed by atoms with Gasteiger partial charge in [0.15, 0.2) is 0 Å². The quantitative estimate of drug-likeness (QED) is 0.157. The summed E-state index contributed by atoms with van der Waals surface area (Å²) in [6.45, 7) is 0. The van der Waals surface area contributed by atoms with Crippen LogP contribution >= 0.6 is 11.8 Å². The SMILES string of the molecule is COc1ccc(/C=C(\NC(=O)c2ccccc2)C(=O)Nc2ccc(SC3CC(=O)N(c4ccc(C(N)=O)cc4)C3=O)cc2)c(OC)c1. The Labute approximate surface area is 274 Å². The van der Waals surface area contributed by atoms with E-state index < -0.39 is 23.0 Å². The van der Waals surface area contributed by atoms with Crippen molar-refractivity contribution in [1.82, 2.24) is 5.32 Å². The number of primary amides is 1. The summed E-state index contributed by atoms with van der Waals surface area (Å²) in [7, 11) is 3.02. The van der Waals surface area contributed by atoms with E-state index in [-0.39, 0.29) is 29.5 Å². The molecule has 5 amide bonds. The number of anilines is 2. The van der Waals surface area contributed by atoms with E-state index in [0.29, 0.717) is 38.9 Å². The zero-order valence-electron chi connectivity index (χ0n) is 25.4. The van der Waals surface area contributed by atoms with Crippen LogP contribution in [0.2, 0.25) is 0 Å². The molecule has 4 N–H and O–H groups in total. The van der Waals surface area contributed by atoms with Gasteiger partial charge in [0.05, 0.1) is 25.2 Å². The molecule has 0 aromatic heterocycles. The van der Waals surface area contributed by atoms with E-state index in [2.05, 4.69) is 10.6 Å². The molecule has 1 atom stereocenters. The van der Waals surface area contributed by atoms with E-state index in [1.165, 1.54) is 56.3 Å². The van der Waals surface area contributed by atoms with Gasteiger partial charge in [0.2, 0.25) is 17.7 Å². The summed E-state index contributed by atoms with van der Waals surface area (Å²) in [5.74, 6) is -1.39. The number of nitrogens with one attached hydrogen (secondary N) is 2. The third-order valence-electron chi connectivity index (χ3n) is 7.18. The Morgan fingerprint density at radius 1 is 0.872 bits per heavy atom. The molecule has 12 heteroatoms. The molecule has 1 saturated heterocycles. The number of hydrogen-bond donors (Lipinski definition) is 3. The van der Waals surface area contributed by atoms with Gasteiger partial charge in [0.25, 0.3) is 11.8 Å².